The molecule has 6 N–H and O–H groups in total. The van der Waals surface area contributed by atoms with Crippen molar-refractivity contribution < 1.29 is 24.0 Å². The molecule has 0 unspecified atom stereocenters. The van der Waals surface area contributed by atoms with E-state index >= 15 is 0 Å². The Morgan fingerprint density at radius 1 is 0.806 bits per heavy atom. The lowest BCUT2D eigenvalue weighted by Gasteiger charge is -2.22. The second kappa shape index (κ2) is 14.2. The van der Waals surface area contributed by atoms with Crippen LogP contribution in [-0.2, 0) is 25.6 Å². The number of nitrogens with two attached hydrogens (primary N) is 1. The van der Waals surface area contributed by atoms with Crippen LogP contribution in [0.4, 0.5) is 0 Å². The van der Waals surface area contributed by atoms with E-state index in [0.29, 0.717) is 5.56 Å². The second-order valence-corrected chi connectivity index (χ2v) is 8.60. The van der Waals surface area contributed by atoms with Crippen molar-refractivity contribution in [2.24, 2.45) is 11.7 Å². The van der Waals surface area contributed by atoms with Gasteiger partial charge in [0.25, 0.3) is 5.91 Å². The lowest BCUT2D eigenvalue weighted by molar-refractivity contribution is -0.130. The van der Waals surface area contributed by atoms with Gasteiger partial charge in [0, 0.05) is 24.9 Å². The van der Waals surface area contributed by atoms with Gasteiger partial charge >= 0.3 is 0 Å². The highest BCUT2D eigenvalue weighted by atomic mass is 16.2. The quantitative estimate of drug-likeness (QED) is 0.269. The molecule has 0 spiro atoms. The Bertz CT molecular complexity index is 1040. The average molecular weight is 496 g/mol. The smallest absolute Gasteiger partial charge is 0.251 e. The van der Waals surface area contributed by atoms with Crippen molar-refractivity contribution in [3.63, 3.8) is 0 Å². The molecule has 10 heteroatoms. The van der Waals surface area contributed by atoms with Crippen molar-refractivity contribution in [2.45, 2.75) is 38.8 Å². The summed E-state index contributed by atoms with van der Waals surface area (Å²) in [6.07, 6.45) is 0.127. The Balaban J connectivity index is 1.91. The predicted octanol–water partition coefficient (Wildman–Crippen LogP) is 0.276. The molecule has 0 saturated carbocycles. The Labute approximate surface area is 210 Å². The Morgan fingerprint density at radius 3 is 2.00 bits per heavy atom. The van der Waals surface area contributed by atoms with Crippen LogP contribution in [0.3, 0.4) is 0 Å². The molecular formula is C26H33N5O5. The van der Waals surface area contributed by atoms with Crippen molar-refractivity contribution >= 4 is 29.5 Å². The second-order valence-electron chi connectivity index (χ2n) is 8.60. The Kier molecular flexibility index (Phi) is 11.1. The van der Waals surface area contributed by atoms with Crippen LogP contribution in [0.2, 0.25) is 0 Å². The number of carbonyl (C=O) groups is 5. The first kappa shape index (κ1) is 28.0. The highest BCUT2D eigenvalue weighted by molar-refractivity contribution is 5.97. The van der Waals surface area contributed by atoms with Gasteiger partial charge in [-0.25, -0.2) is 0 Å². The molecule has 2 rings (SSSR count). The van der Waals surface area contributed by atoms with Gasteiger partial charge < -0.3 is 27.0 Å². The lowest BCUT2D eigenvalue weighted by Crippen LogP contribution is -2.51. The van der Waals surface area contributed by atoms with Crippen LogP contribution >= 0.6 is 0 Å². The van der Waals surface area contributed by atoms with E-state index in [2.05, 4.69) is 21.3 Å². The summed E-state index contributed by atoms with van der Waals surface area (Å²) < 4.78 is 0. The fraction of sp³-hybridized carbons (Fsp3) is 0.346. The van der Waals surface area contributed by atoms with Gasteiger partial charge in [0.1, 0.15) is 12.1 Å². The van der Waals surface area contributed by atoms with Crippen molar-refractivity contribution in [3.05, 3.63) is 71.8 Å². The van der Waals surface area contributed by atoms with E-state index < -0.39 is 35.7 Å². The van der Waals surface area contributed by atoms with E-state index in [0.717, 1.165) is 5.56 Å². The maximum Gasteiger partial charge on any atom is 0.251 e. The first-order chi connectivity index (χ1) is 17.2. The molecule has 36 heavy (non-hydrogen) atoms. The average Bonchev–Trinajstić information content (AvgIpc) is 2.86. The number of hydrogen-bond donors (Lipinski definition) is 5. The van der Waals surface area contributed by atoms with Gasteiger partial charge in [-0.15, -0.1) is 0 Å². The molecule has 0 aliphatic carbocycles. The number of benzene rings is 2. The SMILES string of the molecule is CC(C)[C@H](NC(=O)c1ccccc1)C(=O)NCCC(=O)N[C@@H](Cc1ccccc1)C(=O)NCC(N)=O. The van der Waals surface area contributed by atoms with Gasteiger partial charge in [0.2, 0.25) is 23.6 Å². The molecule has 2 aromatic rings. The Morgan fingerprint density at radius 2 is 1.42 bits per heavy atom. The van der Waals surface area contributed by atoms with Crippen LogP contribution in [0.1, 0.15) is 36.2 Å². The Hall–Kier alpha value is -4.21. The fourth-order valence-electron chi connectivity index (χ4n) is 3.38. The molecule has 2 aromatic carbocycles. The summed E-state index contributed by atoms with van der Waals surface area (Å²) in [4.78, 5) is 61.2. The molecule has 0 heterocycles. The molecule has 0 fully saturated rings. The molecule has 10 nitrogen and oxygen atoms in total. The van der Waals surface area contributed by atoms with E-state index in [4.69, 9.17) is 5.73 Å². The molecule has 0 saturated heterocycles. The highest BCUT2D eigenvalue weighted by Gasteiger charge is 2.25. The van der Waals surface area contributed by atoms with Crippen LogP contribution < -0.4 is 27.0 Å². The molecule has 0 radical (unpaired) electrons. The summed E-state index contributed by atoms with van der Waals surface area (Å²) in [7, 11) is 0. The van der Waals surface area contributed by atoms with Gasteiger partial charge in [0.15, 0.2) is 0 Å². The summed E-state index contributed by atoms with van der Waals surface area (Å²) in [6.45, 7) is 3.28. The minimum absolute atomic E-state index is 0.00998. The van der Waals surface area contributed by atoms with E-state index in [9.17, 15) is 24.0 Å². The summed E-state index contributed by atoms with van der Waals surface area (Å²) in [5, 5.41) is 10.4. The number of amides is 5. The number of rotatable bonds is 13. The molecule has 0 aliphatic rings. The molecular weight excluding hydrogens is 462 g/mol. The number of nitrogens with one attached hydrogen (secondary N) is 4. The standard InChI is InChI=1S/C26H33N5O5/c1-17(2)23(31-24(34)19-11-7-4-8-12-19)26(36)28-14-13-22(33)30-20(25(35)29-16-21(27)32)15-18-9-5-3-6-10-18/h3-12,17,20,23H,13-16H2,1-2H3,(H2,27,32)(H,28,36)(H,29,35)(H,30,33)(H,31,34)/t20-,23-/m0/s1. The van der Waals surface area contributed by atoms with Crippen molar-refractivity contribution in [1.82, 2.24) is 21.3 Å². The van der Waals surface area contributed by atoms with Crippen LogP contribution in [0.25, 0.3) is 0 Å². The van der Waals surface area contributed by atoms with Crippen LogP contribution in [0, 0.1) is 5.92 Å². The van der Waals surface area contributed by atoms with Crippen molar-refractivity contribution in [1.29, 1.82) is 0 Å². The van der Waals surface area contributed by atoms with Crippen molar-refractivity contribution in [3.8, 4) is 0 Å². The third-order valence-corrected chi connectivity index (χ3v) is 5.29. The maximum absolute atomic E-state index is 12.7. The molecule has 2 atom stereocenters. The van der Waals surface area contributed by atoms with Crippen LogP contribution in [0.5, 0.6) is 0 Å². The number of carbonyl (C=O) groups excluding carboxylic acids is 5. The first-order valence-corrected chi connectivity index (χ1v) is 11.7. The van der Waals surface area contributed by atoms with Gasteiger partial charge in [-0.05, 0) is 23.6 Å². The third-order valence-electron chi connectivity index (χ3n) is 5.29. The largest absolute Gasteiger partial charge is 0.368 e. The van der Waals surface area contributed by atoms with E-state index in [1.165, 1.54) is 0 Å². The fourth-order valence-corrected chi connectivity index (χ4v) is 3.38. The topological polar surface area (TPSA) is 159 Å². The van der Waals surface area contributed by atoms with Gasteiger partial charge in [-0.3, -0.25) is 24.0 Å². The number of primary amides is 1. The van der Waals surface area contributed by atoms with E-state index in [1.54, 1.807) is 44.2 Å². The monoisotopic (exact) mass is 495 g/mol. The highest BCUT2D eigenvalue weighted by Crippen LogP contribution is 2.06. The van der Waals surface area contributed by atoms with E-state index in [1.807, 2.05) is 30.3 Å². The number of hydrogen-bond acceptors (Lipinski definition) is 5. The zero-order valence-electron chi connectivity index (χ0n) is 20.5. The summed E-state index contributed by atoms with van der Waals surface area (Å²) in [5.41, 5.74) is 6.35. The van der Waals surface area contributed by atoms with Crippen LogP contribution in [0.15, 0.2) is 60.7 Å². The minimum atomic E-state index is -0.927. The maximum atomic E-state index is 12.7. The summed E-state index contributed by atoms with van der Waals surface area (Å²) in [5.74, 6) is -2.67. The predicted molar refractivity (Wildman–Crippen MR) is 134 cm³/mol. The van der Waals surface area contributed by atoms with Crippen LogP contribution in [-0.4, -0.2) is 54.7 Å². The van der Waals surface area contributed by atoms with E-state index in [-0.39, 0.29) is 37.8 Å². The summed E-state index contributed by atoms with van der Waals surface area (Å²) >= 11 is 0. The zero-order chi connectivity index (χ0) is 26.5. The normalized spacial score (nSPS) is 12.2. The van der Waals surface area contributed by atoms with Crippen molar-refractivity contribution in [2.75, 3.05) is 13.1 Å². The first-order valence-electron chi connectivity index (χ1n) is 11.7. The molecule has 0 aromatic heterocycles. The molecule has 192 valence electrons. The minimum Gasteiger partial charge on any atom is -0.368 e. The summed E-state index contributed by atoms with van der Waals surface area (Å²) in [6, 6.07) is 15.9. The zero-order valence-corrected chi connectivity index (χ0v) is 20.5. The third kappa shape index (κ3) is 9.57. The van der Waals surface area contributed by atoms with Gasteiger partial charge in [0.05, 0.1) is 6.54 Å². The van der Waals surface area contributed by atoms with Gasteiger partial charge in [-0.1, -0.05) is 62.4 Å². The molecule has 0 bridgehead atoms. The molecule has 5 amide bonds. The van der Waals surface area contributed by atoms with Gasteiger partial charge in [-0.2, -0.15) is 0 Å². The lowest BCUT2D eigenvalue weighted by atomic mass is 10.0. The molecule has 0 aliphatic heterocycles.